The summed E-state index contributed by atoms with van der Waals surface area (Å²) in [6.07, 6.45) is -0.262. The topological polar surface area (TPSA) is 93.1 Å². The van der Waals surface area contributed by atoms with Crippen molar-refractivity contribution in [2.75, 3.05) is 7.11 Å². The van der Waals surface area contributed by atoms with Crippen molar-refractivity contribution in [1.82, 2.24) is 0 Å². The number of carbonyl (C=O) groups is 2. The molecule has 0 bridgehead atoms. The van der Waals surface area contributed by atoms with Crippen LogP contribution in [-0.4, -0.2) is 47.4 Å². The van der Waals surface area contributed by atoms with E-state index in [4.69, 9.17) is 9.47 Å². The van der Waals surface area contributed by atoms with Gasteiger partial charge in [0.05, 0.1) is 19.6 Å². The Bertz CT molecular complexity index is 756. The molecule has 3 fully saturated rings. The first-order valence-corrected chi connectivity index (χ1v) is 9.63. The van der Waals surface area contributed by atoms with E-state index < -0.39 is 35.1 Å². The summed E-state index contributed by atoms with van der Waals surface area (Å²) in [5.41, 5.74) is -1.13. The number of ether oxygens (including phenoxy) is 2. The van der Waals surface area contributed by atoms with Crippen molar-refractivity contribution in [3.05, 3.63) is 24.0 Å². The van der Waals surface area contributed by atoms with Crippen LogP contribution in [0.25, 0.3) is 0 Å². The van der Waals surface area contributed by atoms with Gasteiger partial charge in [-0.2, -0.15) is 0 Å². The molecule has 0 aromatic carbocycles. The maximum absolute atomic E-state index is 13.5. The summed E-state index contributed by atoms with van der Waals surface area (Å²) in [6, 6.07) is 0. The third kappa shape index (κ3) is 2.08. The lowest BCUT2D eigenvalue weighted by Gasteiger charge is -2.67. The largest absolute Gasteiger partial charge is 0.493 e. The lowest BCUT2D eigenvalue weighted by Crippen LogP contribution is -2.72. The van der Waals surface area contributed by atoms with Crippen LogP contribution in [0, 0.1) is 34.5 Å². The van der Waals surface area contributed by atoms with E-state index in [0.717, 1.165) is 0 Å². The van der Waals surface area contributed by atoms with Crippen LogP contribution < -0.4 is 0 Å². The number of carbonyl (C=O) groups excluding carboxylic acids is 2. The van der Waals surface area contributed by atoms with Crippen molar-refractivity contribution >= 4 is 11.8 Å². The van der Waals surface area contributed by atoms with Crippen LogP contribution in [0.1, 0.15) is 33.6 Å². The molecule has 148 valence electrons. The fourth-order valence-electron chi connectivity index (χ4n) is 6.80. The van der Waals surface area contributed by atoms with Crippen molar-refractivity contribution in [3.63, 3.8) is 0 Å². The molecule has 27 heavy (non-hydrogen) atoms. The molecule has 1 aliphatic heterocycles. The number of fused-ring (bicyclic) bond motifs is 2. The van der Waals surface area contributed by atoms with Crippen LogP contribution >= 0.6 is 0 Å². The van der Waals surface area contributed by atoms with E-state index in [1.165, 1.54) is 7.11 Å². The Labute approximate surface area is 159 Å². The lowest BCUT2D eigenvalue weighted by atomic mass is 9.39. The molecule has 0 aromatic rings. The Balaban J connectivity index is 1.94. The summed E-state index contributed by atoms with van der Waals surface area (Å²) in [7, 11) is 1.48. The predicted molar refractivity (Wildman–Crippen MR) is 96.2 cm³/mol. The monoisotopic (exact) mass is 376 g/mol. The van der Waals surface area contributed by atoms with Crippen molar-refractivity contribution in [2.45, 2.75) is 51.9 Å². The Hall–Kier alpha value is -1.66. The van der Waals surface area contributed by atoms with Crippen molar-refractivity contribution < 1.29 is 29.3 Å². The maximum Gasteiger partial charge on any atom is 0.306 e. The molecule has 0 radical (unpaired) electrons. The van der Waals surface area contributed by atoms with Gasteiger partial charge in [0, 0.05) is 22.7 Å². The standard InChI is InChI=1S/C21H28O6/c1-9-6-13(26-5)19(25)21(4)11(9)7-14-20(3)12(8-15(22)27-14)10(2)16(23)17(24)18(20)21/h6,9,11-12,14,16-18,23-24H,2,7-8H2,1,3-5H3. The van der Waals surface area contributed by atoms with Crippen LogP contribution in [0.4, 0.5) is 0 Å². The fraction of sp³-hybridized carbons (Fsp3) is 0.714. The molecule has 2 saturated carbocycles. The van der Waals surface area contributed by atoms with E-state index in [9.17, 15) is 19.8 Å². The molecule has 2 N–H and O–H groups in total. The average molecular weight is 376 g/mol. The molecule has 4 aliphatic rings. The van der Waals surface area contributed by atoms with Gasteiger partial charge in [0.2, 0.25) is 5.78 Å². The summed E-state index contributed by atoms with van der Waals surface area (Å²) in [5.74, 6) is -1.15. The van der Waals surface area contributed by atoms with E-state index >= 15 is 0 Å². The van der Waals surface area contributed by atoms with Gasteiger partial charge < -0.3 is 19.7 Å². The molecule has 1 saturated heterocycles. The number of esters is 1. The summed E-state index contributed by atoms with van der Waals surface area (Å²) in [6.45, 7) is 9.86. The molecular weight excluding hydrogens is 348 g/mol. The minimum atomic E-state index is -1.17. The Morgan fingerprint density at radius 1 is 1.30 bits per heavy atom. The molecule has 0 spiro atoms. The molecule has 0 aromatic heterocycles. The zero-order valence-corrected chi connectivity index (χ0v) is 16.3. The zero-order valence-electron chi connectivity index (χ0n) is 16.3. The molecule has 4 rings (SSSR count). The summed E-state index contributed by atoms with van der Waals surface area (Å²) < 4.78 is 11.1. The van der Waals surface area contributed by atoms with E-state index in [1.54, 1.807) is 0 Å². The van der Waals surface area contributed by atoms with Gasteiger partial charge in [-0.05, 0) is 29.9 Å². The second-order valence-corrected chi connectivity index (χ2v) is 9.14. The predicted octanol–water partition coefficient (Wildman–Crippen LogP) is 1.61. The van der Waals surface area contributed by atoms with Gasteiger partial charge >= 0.3 is 5.97 Å². The molecule has 9 unspecified atom stereocenters. The van der Waals surface area contributed by atoms with E-state index in [1.807, 2.05) is 26.8 Å². The third-order valence-electron chi connectivity index (χ3n) is 8.12. The van der Waals surface area contributed by atoms with E-state index in [2.05, 4.69) is 6.58 Å². The number of Topliss-reactive ketones (excluding diaryl/α,β-unsaturated/α-hetero) is 1. The second-order valence-electron chi connectivity index (χ2n) is 9.14. The minimum Gasteiger partial charge on any atom is -0.493 e. The van der Waals surface area contributed by atoms with Gasteiger partial charge in [0.1, 0.15) is 12.2 Å². The van der Waals surface area contributed by atoms with Gasteiger partial charge in [0.25, 0.3) is 0 Å². The highest BCUT2D eigenvalue weighted by atomic mass is 16.5. The number of aliphatic hydroxyl groups excluding tert-OH is 2. The normalized spacial score (nSPS) is 51.7. The quantitative estimate of drug-likeness (QED) is 0.533. The Morgan fingerprint density at radius 3 is 2.59 bits per heavy atom. The molecule has 6 nitrogen and oxygen atoms in total. The van der Waals surface area contributed by atoms with E-state index in [0.29, 0.717) is 17.8 Å². The van der Waals surface area contributed by atoms with Gasteiger partial charge in [-0.15, -0.1) is 0 Å². The fourth-order valence-corrected chi connectivity index (χ4v) is 6.80. The van der Waals surface area contributed by atoms with Gasteiger partial charge in [0.15, 0.2) is 5.76 Å². The number of hydrogen-bond acceptors (Lipinski definition) is 6. The third-order valence-corrected chi connectivity index (χ3v) is 8.12. The van der Waals surface area contributed by atoms with Crippen LogP contribution in [0.2, 0.25) is 0 Å². The number of allylic oxidation sites excluding steroid dienone is 2. The second kappa shape index (κ2) is 5.67. The average Bonchev–Trinajstić information content (AvgIpc) is 2.61. The minimum absolute atomic E-state index is 0.0146. The smallest absolute Gasteiger partial charge is 0.306 e. The molecule has 6 heteroatoms. The van der Waals surface area contributed by atoms with Crippen molar-refractivity contribution in [1.29, 1.82) is 0 Å². The maximum atomic E-state index is 13.5. The molecule has 9 atom stereocenters. The van der Waals surface area contributed by atoms with Gasteiger partial charge in [-0.3, -0.25) is 9.59 Å². The van der Waals surface area contributed by atoms with Gasteiger partial charge in [-0.25, -0.2) is 0 Å². The highest BCUT2D eigenvalue weighted by molar-refractivity contribution is 5.99. The zero-order chi connectivity index (χ0) is 19.9. The summed E-state index contributed by atoms with van der Waals surface area (Å²) in [4.78, 5) is 25.7. The lowest BCUT2D eigenvalue weighted by molar-refractivity contribution is -0.250. The highest BCUT2D eigenvalue weighted by Crippen LogP contribution is 2.67. The van der Waals surface area contributed by atoms with Crippen LogP contribution in [0.15, 0.2) is 24.0 Å². The van der Waals surface area contributed by atoms with Gasteiger partial charge in [-0.1, -0.05) is 27.4 Å². The first-order chi connectivity index (χ1) is 12.6. The molecule has 1 heterocycles. The van der Waals surface area contributed by atoms with Crippen LogP contribution in [-0.2, 0) is 19.1 Å². The first kappa shape index (κ1) is 18.7. The number of methoxy groups -OCH3 is 1. The Kier molecular flexibility index (Phi) is 3.93. The number of hydrogen-bond donors (Lipinski definition) is 2. The number of ketones is 1. The highest BCUT2D eigenvalue weighted by Gasteiger charge is 2.72. The Morgan fingerprint density at radius 2 is 1.96 bits per heavy atom. The molecular formula is C21H28O6. The van der Waals surface area contributed by atoms with E-state index in [-0.39, 0.29) is 35.9 Å². The molecule has 0 amide bonds. The van der Waals surface area contributed by atoms with Crippen LogP contribution in [0.3, 0.4) is 0 Å². The number of aliphatic hydroxyl groups is 2. The SMILES string of the molecule is C=C1C(O)C(O)C2C3(C)C(=O)C(OC)=CC(C)C3CC3OC(=O)CC1C32C. The van der Waals surface area contributed by atoms with Crippen LogP contribution in [0.5, 0.6) is 0 Å². The first-order valence-electron chi connectivity index (χ1n) is 9.63. The molecule has 3 aliphatic carbocycles. The summed E-state index contributed by atoms with van der Waals surface area (Å²) in [5, 5.41) is 21.9. The number of rotatable bonds is 1. The summed E-state index contributed by atoms with van der Waals surface area (Å²) >= 11 is 0. The van der Waals surface area contributed by atoms with Crippen molar-refractivity contribution in [3.8, 4) is 0 Å². The van der Waals surface area contributed by atoms with Crippen molar-refractivity contribution in [2.24, 2.45) is 34.5 Å².